The molecule has 7 heteroatoms. The van der Waals surface area contributed by atoms with Crippen molar-refractivity contribution in [1.29, 1.82) is 0 Å². The quantitative estimate of drug-likeness (QED) is 0.489. The summed E-state index contributed by atoms with van der Waals surface area (Å²) in [6, 6.07) is 16.8. The van der Waals surface area contributed by atoms with Crippen LogP contribution in [0.2, 0.25) is 0 Å². The zero-order valence-corrected chi connectivity index (χ0v) is 18.4. The number of rotatable bonds is 5. The normalized spacial score (nSPS) is 10.8. The van der Waals surface area contributed by atoms with Crippen LogP contribution in [0.5, 0.6) is 0 Å². The van der Waals surface area contributed by atoms with E-state index in [4.69, 9.17) is 0 Å². The lowest BCUT2D eigenvalue weighted by molar-refractivity contribution is -0.114. The van der Waals surface area contributed by atoms with Gasteiger partial charge in [-0.15, -0.1) is 0 Å². The molecule has 2 amide bonds. The number of nitrogens with one attached hydrogen (secondary N) is 1. The second-order valence-corrected chi connectivity index (χ2v) is 8.25. The van der Waals surface area contributed by atoms with E-state index in [1.807, 2.05) is 69.3 Å². The van der Waals surface area contributed by atoms with E-state index in [9.17, 15) is 9.59 Å². The van der Waals surface area contributed by atoms with Gasteiger partial charge in [0, 0.05) is 23.0 Å². The predicted molar refractivity (Wildman–Crippen MR) is 125 cm³/mol. The molecular weight excluding hydrogens is 408 g/mol. The number of para-hydroxylation sites is 1. The van der Waals surface area contributed by atoms with Crippen LogP contribution in [0.1, 0.15) is 27.2 Å². The van der Waals surface area contributed by atoms with Crippen LogP contribution in [-0.2, 0) is 4.79 Å². The number of hydrogen-bond donors (Lipinski definition) is 1. The van der Waals surface area contributed by atoms with Crippen molar-refractivity contribution >= 4 is 44.9 Å². The van der Waals surface area contributed by atoms with Gasteiger partial charge in [0.2, 0.25) is 5.91 Å². The number of aryl methyl sites for hydroxylation is 3. The fourth-order valence-electron chi connectivity index (χ4n) is 3.47. The van der Waals surface area contributed by atoms with Gasteiger partial charge in [-0.2, -0.15) is 4.37 Å². The second-order valence-electron chi connectivity index (χ2n) is 7.50. The van der Waals surface area contributed by atoms with Crippen LogP contribution in [0.4, 0.5) is 11.4 Å². The minimum Gasteiger partial charge on any atom is -0.325 e. The van der Waals surface area contributed by atoms with E-state index in [1.165, 1.54) is 16.4 Å². The van der Waals surface area contributed by atoms with Gasteiger partial charge in [0.05, 0.1) is 11.3 Å². The van der Waals surface area contributed by atoms with Crippen molar-refractivity contribution in [3.05, 3.63) is 83.2 Å². The molecule has 2 aromatic heterocycles. The highest BCUT2D eigenvalue weighted by atomic mass is 32.1. The average Bonchev–Trinajstić information content (AvgIpc) is 3.12. The Morgan fingerprint density at radius 1 is 1.00 bits per heavy atom. The molecule has 0 radical (unpaired) electrons. The van der Waals surface area contributed by atoms with Crippen molar-refractivity contribution in [2.24, 2.45) is 0 Å². The molecule has 156 valence electrons. The van der Waals surface area contributed by atoms with Gasteiger partial charge in [0.1, 0.15) is 11.4 Å². The van der Waals surface area contributed by atoms with Crippen LogP contribution in [-0.4, -0.2) is 27.7 Å². The van der Waals surface area contributed by atoms with E-state index >= 15 is 0 Å². The number of carbonyl (C=O) groups is 2. The highest BCUT2D eigenvalue weighted by Crippen LogP contribution is 2.25. The van der Waals surface area contributed by atoms with Crippen molar-refractivity contribution in [3.8, 4) is 0 Å². The topological polar surface area (TPSA) is 75.2 Å². The van der Waals surface area contributed by atoms with Gasteiger partial charge in [-0.05, 0) is 73.8 Å². The fourth-order valence-corrected chi connectivity index (χ4v) is 4.20. The molecule has 0 aliphatic heterocycles. The smallest absolute Gasteiger partial charge is 0.260 e. The molecule has 0 atom stereocenters. The van der Waals surface area contributed by atoms with Gasteiger partial charge in [-0.1, -0.05) is 24.3 Å². The van der Waals surface area contributed by atoms with Gasteiger partial charge in [-0.25, -0.2) is 4.98 Å². The SMILES string of the molecule is Cc1cc(C)cc(N(CC(=O)Nc2ccccc2)C(=O)c2cnc3snc(C)c3c2)c1. The number of pyridine rings is 1. The van der Waals surface area contributed by atoms with Crippen LogP contribution in [0.3, 0.4) is 0 Å². The van der Waals surface area contributed by atoms with E-state index in [1.54, 1.807) is 12.3 Å². The molecule has 0 fully saturated rings. The van der Waals surface area contributed by atoms with E-state index in [0.29, 0.717) is 16.9 Å². The summed E-state index contributed by atoms with van der Waals surface area (Å²) in [5.74, 6) is -0.561. The number of anilines is 2. The lowest BCUT2D eigenvalue weighted by atomic mass is 10.1. The predicted octanol–water partition coefficient (Wildman–Crippen LogP) is 4.90. The summed E-state index contributed by atoms with van der Waals surface area (Å²) in [6.07, 6.45) is 1.55. The molecule has 0 aliphatic rings. The van der Waals surface area contributed by atoms with E-state index < -0.39 is 0 Å². The van der Waals surface area contributed by atoms with Crippen LogP contribution in [0.15, 0.2) is 60.8 Å². The molecule has 0 saturated heterocycles. The summed E-state index contributed by atoms with van der Waals surface area (Å²) in [7, 11) is 0. The first-order valence-corrected chi connectivity index (χ1v) is 10.6. The van der Waals surface area contributed by atoms with Gasteiger partial charge in [0.25, 0.3) is 5.91 Å². The molecule has 0 saturated carbocycles. The van der Waals surface area contributed by atoms with Gasteiger partial charge in [-0.3, -0.25) is 14.5 Å². The summed E-state index contributed by atoms with van der Waals surface area (Å²) in [5, 5.41) is 3.71. The number of nitrogens with zero attached hydrogens (tertiary/aromatic N) is 3. The molecule has 0 bridgehead atoms. The average molecular weight is 431 g/mol. The maximum Gasteiger partial charge on any atom is 0.260 e. The molecule has 2 heterocycles. The van der Waals surface area contributed by atoms with Gasteiger partial charge in [0.15, 0.2) is 0 Å². The third-order valence-corrected chi connectivity index (χ3v) is 5.74. The third-order valence-electron chi connectivity index (χ3n) is 4.88. The minimum atomic E-state index is -0.284. The minimum absolute atomic E-state index is 0.116. The Labute approximate surface area is 184 Å². The number of amides is 2. The molecule has 0 unspecified atom stereocenters. The van der Waals surface area contributed by atoms with Crippen molar-refractivity contribution in [1.82, 2.24) is 9.36 Å². The molecule has 4 aromatic rings. The fraction of sp³-hybridized carbons (Fsp3) is 0.167. The second kappa shape index (κ2) is 8.65. The Bertz CT molecular complexity index is 1250. The van der Waals surface area contributed by atoms with E-state index in [0.717, 1.165) is 27.0 Å². The molecule has 6 nitrogen and oxygen atoms in total. The van der Waals surface area contributed by atoms with E-state index in [-0.39, 0.29) is 18.4 Å². The van der Waals surface area contributed by atoms with E-state index in [2.05, 4.69) is 14.7 Å². The zero-order valence-electron chi connectivity index (χ0n) is 17.5. The maximum absolute atomic E-state index is 13.5. The first kappa shape index (κ1) is 20.7. The van der Waals surface area contributed by atoms with Gasteiger partial charge < -0.3 is 5.32 Å². The molecule has 31 heavy (non-hydrogen) atoms. The Hall–Kier alpha value is -3.58. The summed E-state index contributed by atoms with van der Waals surface area (Å²) >= 11 is 1.30. The Kier molecular flexibility index (Phi) is 5.77. The largest absolute Gasteiger partial charge is 0.325 e. The molecule has 4 rings (SSSR count). The lowest BCUT2D eigenvalue weighted by Crippen LogP contribution is -2.38. The van der Waals surface area contributed by atoms with Crippen molar-refractivity contribution in [3.63, 3.8) is 0 Å². The maximum atomic E-state index is 13.5. The summed E-state index contributed by atoms with van der Waals surface area (Å²) in [6.45, 7) is 5.72. The highest BCUT2D eigenvalue weighted by molar-refractivity contribution is 7.12. The lowest BCUT2D eigenvalue weighted by Gasteiger charge is -2.23. The summed E-state index contributed by atoms with van der Waals surface area (Å²) in [5.41, 5.74) is 4.64. The highest BCUT2D eigenvalue weighted by Gasteiger charge is 2.22. The number of benzene rings is 2. The molecule has 0 spiro atoms. The van der Waals surface area contributed by atoms with Crippen molar-refractivity contribution in [2.45, 2.75) is 20.8 Å². The van der Waals surface area contributed by atoms with Gasteiger partial charge >= 0.3 is 0 Å². The number of carbonyl (C=O) groups excluding carboxylic acids is 2. The molecular formula is C24H22N4O2S. The molecule has 2 aromatic carbocycles. The number of aromatic nitrogens is 2. The molecule has 1 N–H and O–H groups in total. The first-order chi connectivity index (χ1) is 14.9. The molecule has 0 aliphatic carbocycles. The van der Waals surface area contributed by atoms with Crippen molar-refractivity contribution in [2.75, 3.05) is 16.8 Å². The summed E-state index contributed by atoms with van der Waals surface area (Å²) < 4.78 is 4.31. The zero-order chi connectivity index (χ0) is 22.0. The Morgan fingerprint density at radius 3 is 2.42 bits per heavy atom. The Balaban J connectivity index is 1.69. The van der Waals surface area contributed by atoms with Crippen LogP contribution in [0.25, 0.3) is 10.2 Å². The number of fused-ring (bicyclic) bond motifs is 1. The van der Waals surface area contributed by atoms with Crippen LogP contribution in [0, 0.1) is 20.8 Å². The standard InChI is InChI=1S/C24H22N4O2S/c1-15-9-16(2)11-20(10-15)28(14-22(29)26-19-7-5-4-6-8-19)24(30)18-12-21-17(3)27-31-23(21)25-13-18/h4-13H,14H2,1-3H3,(H,26,29). The summed E-state index contributed by atoms with van der Waals surface area (Å²) in [4.78, 5) is 33.0. The third kappa shape index (κ3) is 4.62. The first-order valence-electron chi connectivity index (χ1n) is 9.88. The monoisotopic (exact) mass is 430 g/mol. The van der Waals surface area contributed by atoms with Crippen molar-refractivity contribution < 1.29 is 9.59 Å². The van der Waals surface area contributed by atoms with Crippen LogP contribution < -0.4 is 10.2 Å². The number of hydrogen-bond acceptors (Lipinski definition) is 5. The Morgan fingerprint density at radius 2 is 1.71 bits per heavy atom. The van der Waals surface area contributed by atoms with Crippen LogP contribution >= 0.6 is 11.5 Å².